The van der Waals surface area contributed by atoms with E-state index in [1.54, 1.807) is 0 Å². The summed E-state index contributed by atoms with van der Waals surface area (Å²) < 4.78 is 22.4. The molecule has 0 saturated carbocycles. The minimum atomic E-state index is 0.521. The van der Waals surface area contributed by atoms with Crippen LogP contribution in [0.15, 0.2) is 0 Å². The van der Waals surface area contributed by atoms with Crippen LogP contribution in [0.2, 0.25) is 0 Å². The molecule has 0 aromatic heterocycles. The Bertz CT molecular complexity index is 511. The average molecular weight is 631 g/mol. The monoisotopic (exact) mass is 630 g/mol. The first-order chi connectivity index (χ1) is 20.7. The van der Waals surface area contributed by atoms with Gasteiger partial charge in [-0.1, -0.05) is 155 Å². The lowest BCUT2D eigenvalue weighted by molar-refractivity contribution is 0.0251. The number of hydrogen-bond acceptors (Lipinski definition) is 6. The molecule has 0 aromatic rings. The van der Waals surface area contributed by atoms with Gasteiger partial charge in [0.2, 0.25) is 0 Å². The Morgan fingerprint density at radius 2 is 0.571 bits per heavy atom. The predicted octanol–water partition coefficient (Wildman–Crippen LogP) is 11.9. The number of hydrogen-bond donors (Lipinski definition) is 0. The summed E-state index contributed by atoms with van der Waals surface area (Å²) in [7, 11) is 0. The molecule has 0 N–H and O–H groups in total. The van der Waals surface area contributed by atoms with Gasteiger partial charge in [-0.05, 0) is 37.3 Å². The third-order valence-corrected chi connectivity index (χ3v) is 8.47. The van der Waals surface area contributed by atoms with Gasteiger partial charge in [0.1, 0.15) is 13.2 Å². The summed E-state index contributed by atoms with van der Waals surface area (Å²) in [4.78, 5) is 0. The second-order valence-electron chi connectivity index (χ2n) is 11.9. The second-order valence-corrected chi connectivity index (χ2v) is 12.9. The molecule has 0 radical (unpaired) electrons. The van der Waals surface area contributed by atoms with Crippen molar-refractivity contribution in [1.29, 1.82) is 0 Å². The average Bonchev–Trinajstić information content (AvgIpc) is 2.99. The molecule has 0 heterocycles. The van der Waals surface area contributed by atoms with Crippen LogP contribution in [0.25, 0.3) is 0 Å². The van der Waals surface area contributed by atoms with E-state index in [9.17, 15) is 0 Å². The topological polar surface area (TPSA) is 36.9 Å². The first kappa shape index (κ1) is 41.7. The van der Waals surface area contributed by atoms with Crippen molar-refractivity contribution in [2.24, 2.45) is 0 Å². The minimum Gasteiger partial charge on any atom is -0.485 e. The Morgan fingerprint density at radius 1 is 0.333 bits per heavy atom. The maximum absolute atomic E-state index is 5.63. The molecule has 0 aliphatic rings. The highest BCUT2D eigenvalue weighted by Gasteiger charge is 2.01. The SMILES string of the molecule is CCCCCCCCCCCCCCC(=S)OCCOCCOCCOC(=S)CCCCCCCCCCCCCC. The van der Waals surface area contributed by atoms with Gasteiger partial charge in [-0.3, -0.25) is 0 Å². The maximum Gasteiger partial charge on any atom is 0.159 e. The van der Waals surface area contributed by atoms with Crippen LogP contribution in [0.4, 0.5) is 0 Å². The standard InChI is InChI=1S/C36H70O4S2/c1-3-5-7-9-11-13-15-17-19-21-23-25-27-35(41)39-33-31-37-29-30-38-32-34-40-36(42)28-26-24-22-20-18-16-14-12-10-8-6-4-2/h3-34H2,1-2H3. The highest BCUT2D eigenvalue weighted by molar-refractivity contribution is 7.80. The van der Waals surface area contributed by atoms with Gasteiger partial charge >= 0.3 is 0 Å². The Kier molecular flexibility index (Phi) is 36.6. The Balaban J connectivity index is 3.23. The summed E-state index contributed by atoms with van der Waals surface area (Å²) in [6, 6.07) is 0. The van der Waals surface area contributed by atoms with Crippen LogP contribution < -0.4 is 0 Å². The largest absolute Gasteiger partial charge is 0.485 e. The quantitative estimate of drug-likeness (QED) is 0.0512. The molecular formula is C36H70O4S2. The zero-order valence-electron chi connectivity index (χ0n) is 28.1. The van der Waals surface area contributed by atoms with E-state index in [-0.39, 0.29) is 0 Å². The van der Waals surface area contributed by atoms with E-state index in [1.807, 2.05) is 0 Å². The first-order valence-corrected chi connectivity index (χ1v) is 19.0. The van der Waals surface area contributed by atoms with E-state index in [0.29, 0.717) is 39.6 Å². The van der Waals surface area contributed by atoms with Crippen LogP contribution in [-0.4, -0.2) is 49.7 Å². The van der Waals surface area contributed by atoms with Gasteiger partial charge in [0, 0.05) is 12.8 Å². The van der Waals surface area contributed by atoms with Gasteiger partial charge in [-0.2, -0.15) is 0 Å². The molecule has 0 unspecified atom stereocenters. The summed E-state index contributed by atoms with van der Waals surface area (Å²) in [6.45, 7) is 7.80. The molecule has 0 bridgehead atoms. The Hall–Kier alpha value is -0.300. The zero-order valence-corrected chi connectivity index (χ0v) is 29.7. The van der Waals surface area contributed by atoms with Gasteiger partial charge in [-0.15, -0.1) is 0 Å². The Morgan fingerprint density at radius 3 is 0.857 bits per heavy atom. The number of thiocarbonyl (C=S) groups is 2. The highest BCUT2D eigenvalue weighted by Crippen LogP contribution is 2.14. The summed E-state index contributed by atoms with van der Waals surface area (Å²) >= 11 is 10.7. The second kappa shape index (κ2) is 36.9. The fraction of sp³-hybridized carbons (Fsp3) is 0.944. The molecule has 0 rings (SSSR count). The molecule has 0 atom stereocenters. The van der Waals surface area contributed by atoms with E-state index >= 15 is 0 Å². The number of rotatable bonds is 35. The van der Waals surface area contributed by atoms with Gasteiger partial charge in [-0.25, -0.2) is 0 Å². The van der Waals surface area contributed by atoms with Gasteiger partial charge < -0.3 is 18.9 Å². The van der Waals surface area contributed by atoms with Crippen molar-refractivity contribution in [2.75, 3.05) is 39.6 Å². The lowest BCUT2D eigenvalue weighted by Crippen LogP contribution is -2.14. The fourth-order valence-corrected chi connectivity index (χ4v) is 5.57. The molecule has 0 fully saturated rings. The molecule has 4 nitrogen and oxygen atoms in total. The van der Waals surface area contributed by atoms with E-state index in [0.717, 1.165) is 35.8 Å². The van der Waals surface area contributed by atoms with Crippen LogP contribution in [0.1, 0.15) is 181 Å². The van der Waals surface area contributed by atoms with E-state index in [2.05, 4.69) is 13.8 Å². The molecule has 0 amide bonds. The molecule has 0 aliphatic heterocycles. The molecule has 0 aromatic carbocycles. The van der Waals surface area contributed by atoms with Crippen LogP contribution >= 0.6 is 24.4 Å². The van der Waals surface area contributed by atoms with Crippen LogP contribution in [0, 0.1) is 0 Å². The van der Waals surface area contributed by atoms with Crippen molar-refractivity contribution in [3.05, 3.63) is 0 Å². The van der Waals surface area contributed by atoms with Crippen LogP contribution in [0.3, 0.4) is 0 Å². The fourth-order valence-electron chi connectivity index (χ4n) is 5.12. The molecule has 6 heteroatoms. The van der Waals surface area contributed by atoms with Gasteiger partial charge in [0.15, 0.2) is 10.1 Å². The zero-order chi connectivity index (χ0) is 30.6. The van der Waals surface area contributed by atoms with E-state index in [4.69, 9.17) is 43.4 Å². The summed E-state index contributed by atoms with van der Waals surface area (Å²) in [6.07, 6.45) is 34.3. The molecule has 0 aliphatic carbocycles. The van der Waals surface area contributed by atoms with Gasteiger partial charge in [0.05, 0.1) is 26.4 Å². The van der Waals surface area contributed by atoms with Crippen molar-refractivity contribution < 1.29 is 18.9 Å². The molecule has 0 spiro atoms. The normalized spacial score (nSPS) is 11.2. The first-order valence-electron chi connectivity index (χ1n) is 18.2. The number of unbranched alkanes of at least 4 members (excludes halogenated alkanes) is 22. The molecular weight excluding hydrogens is 561 g/mol. The lowest BCUT2D eigenvalue weighted by atomic mass is 10.0. The third-order valence-electron chi connectivity index (χ3n) is 7.82. The van der Waals surface area contributed by atoms with Crippen LogP contribution in [-0.2, 0) is 18.9 Å². The third kappa shape index (κ3) is 35.9. The molecule has 42 heavy (non-hydrogen) atoms. The van der Waals surface area contributed by atoms with E-state index in [1.165, 1.54) is 141 Å². The van der Waals surface area contributed by atoms with Crippen molar-refractivity contribution in [1.82, 2.24) is 0 Å². The molecule has 250 valence electrons. The van der Waals surface area contributed by atoms with E-state index < -0.39 is 0 Å². The summed E-state index contributed by atoms with van der Waals surface area (Å²) in [5.74, 6) is 0. The van der Waals surface area contributed by atoms with Crippen molar-refractivity contribution >= 4 is 34.5 Å². The molecule has 0 saturated heterocycles. The number of ether oxygens (including phenoxy) is 4. The summed E-state index contributed by atoms with van der Waals surface area (Å²) in [5, 5.41) is 1.44. The Labute approximate surface area is 273 Å². The maximum atomic E-state index is 5.63. The van der Waals surface area contributed by atoms with Crippen LogP contribution in [0.5, 0.6) is 0 Å². The van der Waals surface area contributed by atoms with Crippen molar-refractivity contribution in [3.63, 3.8) is 0 Å². The van der Waals surface area contributed by atoms with Gasteiger partial charge in [0.25, 0.3) is 0 Å². The van der Waals surface area contributed by atoms with Crippen molar-refractivity contribution in [2.45, 2.75) is 181 Å². The lowest BCUT2D eigenvalue weighted by Gasteiger charge is -2.10. The minimum absolute atomic E-state index is 0.521. The van der Waals surface area contributed by atoms with Crippen molar-refractivity contribution in [3.8, 4) is 0 Å². The highest BCUT2D eigenvalue weighted by atomic mass is 32.1. The predicted molar refractivity (Wildman–Crippen MR) is 190 cm³/mol. The smallest absolute Gasteiger partial charge is 0.159 e. The summed E-state index contributed by atoms with van der Waals surface area (Å²) in [5.41, 5.74) is 0.